The lowest BCUT2D eigenvalue weighted by Crippen LogP contribution is -2.31. The number of carbonyl (C=O) groups is 1. The summed E-state index contributed by atoms with van der Waals surface area (Å²) in [6.45, 7) is 4.85. The third-order valence-electron chi connectivity index (χ3n) is 6.10. The monoisotopic (exact) mass is 547 g/mol. The molecule has 2 aromatic carbocycles. The maximum atomic E-state index is 12.5. The molecule has 0 spiro atoms. The number of ether oxygens (including phenoxy) is 2. The first-order chi connectivity index (χ1) is 18.0. The van der Waals surface area contributed by atoms with Crippen molar-refractivity contribution >= 4 is 27.4 Å². The number of hydrogen-bond acceptors (Lipinski definition) is 6. The van der Waals surface area contributed by atoms with E-state index in [1.54, 1.807) is 12.1 Å². The highest BCUT2D eigenvalue weighted by Crippen LogP contribution is 2.34. The van der Waals surface area contributed by atoms with Crippen molar-refractivity contribution < 1.29 is 37.0 Å². The average molecular weight is 548 g/mol. The van der Waals surface area contributed by atoms with Crippen molar-refractivity contribution in [3.8, 4) is 17.2 Å². The Morgan fingerprint density at radius 2 is 1.87 bits per heavy atom. The predicted octanol–water partition coefficient (Wildman–Crippen LogP) is 7.18. The van der Waals surface area contributed by atoms with E-state index in [2.05, 4.69) is 35.7 Å². The second-order valence-electron chi connectivity index (χ2n) is 9.24. The number of rotatable bonds is 11. The molecule has 6 nitrogen and oxygen atoms in total. The van der Waals surface area contributed by atoms with Crippen LogP contribution in [-0.2, 0) is 22.4 Å². The summed E-state index contributed by atoms with van der Waals surface area (Å²) in [6, 6.07) is 13.3. The molecule has 0 fully saturated rings. The molecule has 2 aromatic heterocycles. The van der Waals surface area contributed by atoms with Gasteiger partial charge in [0, 0.05) is 28.5 Å². The molecular weight excluding hydrogens is 519 g/mol. The van der Waals surface area contributed by atoms with Gasteiger partial charge in [-0.2, -0.15) is 13.2 Å². The second kappa shape index (κ2) is 11.6. The lowest BCUT2D eigenvalue weighted by atomic mass is 10.0. The first kappa shape index (κ1) is 27.7. The van der Waals surface area contributed by atoms with Gasteiger partial charge < -0.3 is 19.0 Å². The summed E-state index contributed by atoms with van der Waals surface area (Å²) in [5.41, 5.74) is 3.51. The molecule has 0 saturated heterocycles. The van der Waals surface area contributed by atoms with Crippen LogP contribution in [0.1, 0.15) is 42.3 Å². The number of aliphatic carboxylic acids is 1. The van der Waals surface area contributed by atoms with Crippen molar-refractivity contribution in [2.24, 2.45) is 0 Å². The Morgan fingerprint density at radius 1 is 1.13 bits per heavy atom. The summed E-state index contributed by atoms with van der Waals surface area (Å²) < 4.78 is 54.9. The van der Waals surface area contributed by atoms with Crippen LogP contribution in [0.15, 0.2) is 52.3 Å². The van der Waals surface area contributed by atoms with E-state index >= 15 is 0 Å². The van der Waals surface area contributed by atoms with Gasteiger partial charge in [-0.15, -0.1) is 11.3 Å². The van der Waals surface area contributed by atoms with Gasteiger partial charge in [0.25, 0.3) is 0 Å². The first-order valence-corrected chi connectivity index (χ1v) is 13.0. The van der Waals surface area contributed by atoms with Crippen molar-refractivity contribution in [3.63, 3.8) is 0 Å². The van der Waals surface area contributed by atoms with E-state index in [4.69, 9.17) is 9.15 Å². The van der Waals surface area contributed by atoms with E-state index in [1.807, 2.05) is 30.5 Å². The Hall–Kier alpha value is -3.37. The summed E-state index contributed by atoms with van der Waals surface area (Å²) in [6.07, 6.45) is -5.90. The van der Waals surface area contributed by atoms with E-state index in [-0.39, 0.29) is 6.42 Å². The number of fused-ring (bicyclic) bond motifs is 1. The van der Waals surface area contributed by atoms with Crippen LogP contribution in [-0.4, -0.2) is 41.6 Å². The molecular formula is C28H28F3NO5S. The lowest BCUT2D eigenvalue weighted by molar-refractivity contribution is -0.192. The van der Waals surface area contributed by atoms with E-state index in [0.717, 1.165) is 21.3 Å². The highest BCUT2D eigenvalue weighted by Gasteiger charge is 2.31. The standard InChI is InChI=1S/C28H28F3NO5S/c1-16(2)18-4-6-19(7-5-18)26-32-22(17(3)37-26)10-12-35-23-9-8-20(25-21(23)11-13-38-25)14-24(27(33)34)36-15-28(29,30)31/h4-9,11,13,16,24H,10,12,14-15H2,1-3H3,(H,33,34)/t24-/m0/s1. The van der Waals surface area contributed by atoms with Crippen molar-refractivity contribution in [2.75, 3.05) is 13.2 Å². The second-order valence-corrected chi connectivity index (χ2v) is 10.2. The Labute approximate surface area is 222 Å². The van der Waals surface area contributed by atoms with Crippen LogP contribution in [0.3, 0.4) is 0 Å². The molecule has 4 rings (SSSR count). The van der Waals surface area contributed by atoms with Crippen LogP contribution >= 0.6 is 11.3 Å². The molecule has 2 heterocycles. The van der Waals surface area contributed by atoms with E-state index in [1.165, 1.54) is 16.9 Å². The minimum Gasteiger partial charge on any atom is -0.493 e. The molecule has 202 valence electrons. The third kappa shape index (κ3) is 6.73. The fraction of sp³-hybridized carbons (Fsp3) is 0.357. The number of carboxylic acid groups (broad SMARTS) is 1. The van der Waals surface area contributed by atoms with Crippen LogP contribution in [0.2, 0.25) is 0 Å². The number of nitrogens with zero attached hydrogens (tertiary/aromatic N) is 1. The zero-order valence-electron chi connectivity index (χ0n) is 21.2. The molecule has 0 aliphatic heterocycles. The van der Waals surface area contributed by atoms with E-state index in [9.17, 15) is 23.1 Å². The Kier molecular flexibility index (Phi) is 8.42. The SMILES string of the molecule is Cc1oc(-c2ccc(C(C)C)cc2)nc1CCOc1ccc(C[C@H](OCC(F)(F)F)C(=O)O)c2sccc12. The fourth-order valence-electron chi connectivity index (χ4n) is 4.04. The van der Waals surface area contributed by atoms with Crippen molar-refractivity contribution in [1.29, 1.82) is 0 Å². The molecule has 0 aliphatic rings. The van der Waals surface area contributed by atoms with Crippen LogP contribution in [0.5, 0.6) is 5.75 Å². The van der Waals surface area contributed by atoms with Crippen LogP contribution in [0.25, 0.3) is 21.5 Å². The average Bonchev–Trinajstić information content (AvgIpc) is 3.49. The molecule has 0 aliphatic carbocycles. The lowest BCUT2D eigenvalue weighted by Gasteiger charge is -2.16. The summed E-state index contributed by atoms with van der Waals surface area (Å²) in [5.74, 6) is 0.855. The van der Waals surface area contributed by atoms with Gasteiger partial charge in [-0.25, -0.2) is 9.78 Å². The highest BCUT2D eigenvalue weighted by atomic mass is 32.1. The van der Waals surface area contributed by atoms with Gasteiger partial charge in [-0.05, 0) is 53.6 Å². The van der Waals surface area contributed by atoms with Gasteiger partial charge in [0.05, 0.1) is 12.3 Å². The van der Waals surface area contributed by atoms with Gasteiger partial charge >= 0.3 is 12.1 Å². The Morgan fingerprint density at radius 3 is 2.53 bits per heavy atom. The van der Waals surface area contributed by atoms with Crippen molar-refractivity contribution in [1.82, 2.24) is 4.98 Å². The summed E-state index contributed by atoms with van der Waals surface area (Å²) in [5, 5.41) is 11.9. The molecule has 4 aromatic rings. The summed E-state index contributed by atoms with van der Waals surface area (Å²) >= 11 is 1.36. The molecule has 0 saturated carbocycles. The number of halogens is 3. The number of alkyl halides is 3. The molecule has 0 unspecified atom stereocenters. The number of hydrogen-bond donors (Lipinski definition) is 1. The quantitative estimate of drug-likeness (QED) is 0.214. The zero-order valence-corrected chi connectivity index (χ0v) is 22.0. The molecule has 38 heavy (non-hydrogen) atoms. The number of benzene rings is 2. The summed E-state index contributed by atoms with van der Waals surface area (Å²) in [4.78, 5) is 16.1. The minimum absolute atomic E-state index is 0.193. The molecule has 1 atom stereocenters. The number of aryl methyl sites for hydroxylation is 1. The van der Waals surface area contributed by atoms with Gasteiger partial charge in [0.1, 0.15) is 18.1 Å². The molecule has 10 heteroatoms. The minimum atomic E-state index is -4.61. The molecule has 1 N–H and O–H groups in total. The summed E-state index contributed by atoms with van der Waals surface area (Å²) in [7, 11) is 0. The molecule has 0 bridgehead atoms. The third-order valence-corrected chi connectivity index (χ3v) is 7.09. The fourth-order valence-corrected chi connectivity index (χ4v) is 4.98. The number of carboxylic acids is 1. The van der Waals surface area contributed by atoms with E-state index in [0.29, 0.717) is 41.9 Å². The van der Waals surface area contributed by atoms with E-state index < -0.39 is 24.9 Å². The van der Waals surface area contributed by atoms with Crippen LogP contribution in [0, 0.1) is 6.92 Å². The van der Waals surface area contributed by atoms with Crippen molar-refractivity contribution in [3.05, 3.63) is 70.4 Å². The first-order valence-electron chi connectivity index (χ1n) is 12.1. The molecule has 0 radical (unpaired) electrons. The van der Waals surface area contributed by atoms with Gasteiger partial charge in [0.15, 0.2) is 6.10 Å². The van der Waals surface area contributed by atoms with Crippen LogP contribution < -0.4 is 4.74 Å². The topological polar surface area (TPSA) is 81.8 Å². The van der Waals surface area contributed by atoms with Gasteiger partial charge in [-0.3, -0.25) is 0 Å². The highest BCUT2D eigenvalue weighted by molar-refractivity contribution is 7.17. The van der Waals surface area contributed by atoms with Crippen LogP contribution in [0.4, 0.5) is 13.2 Å². The van der Waals surface area contributed by atoms with Gasteiger partial charge in [-0.1, -0.05) is 32.0 Å². The number of thiophene rings is 1. The van der Waals surface area contributed by atoms with Crippen molar-refractivity contribution in [2.45, 2.75) is 51.8 Å². The largest absolute Gasteiger partial charge is 0.493 e. The normalized spacial score (nSPS) is 12.8. The maximum Gasteiger partial charge on any atom is 0.411 e. The number of oxazole rings is 1. The number of aromatic nitrogens is 1. The van der Waals surface area contributed by atoms with Gasteiger partial charge in [0.2, 0.25) is 5.89 Å². The Bertz CT molecular complexity index is 1390. The zero-order chi connectivity index (χ0) is 27.4. The smallest absolute Gasteiger partial charge is 0.411 e. The molecule has 0 amide bonds. The maximum absolute atomic E-state index is 12.5. The Balaban J connectivity index is 1.42. The predicted molar refractivity (Wildman–Crippen MR) is 139 cm³/mol.